The molecule has 0 aliphatic rings. The first-order valence-corrected chi connectivity index (χ1v) is 9.25. The summed E-state index contributed by atoms with van der Waals surface area (Å²) in [6, 6.07) is 13.3. The molecule has 0 atom stereocenters. The lowest BCUT2D eigenvalue weighted by molar-refractivity contribution is -0.121. The van der Waals surface area contributed by atoms with Crippen molar-refractivity contribution in [1.29, 1.82) is 0 Å². The molecule has 0 aliphatic carbocycles. The predicted octanol–water partition coefficient (Wildman–Crippen LogP) is 3.37. The topological polar surface area (TPSA) is 77.7 Å². The summed E-state index contributed by atoms with van der Waals surface area (Å²) in [6.07, 6.45) is 1.65. The van der Waals surface area contributed by atoms with Crippen LogP contribution in [0.15, 0.2) is 53.9 Å². The van der Waals surface area contributed by atoms with Gasteiger partial charge in [0, 0.05) is 5.56 Å². The predicted molar refractivity (Wildman–Crippen MR) is 109 cm³/mol. The molecule has 0 aliphatic heterocycles. The average Bonchev–Trinajstić information content (AvgIpc) is 3.11. The zero-order chi connectivity index (χ0) is 19.9. The van der Waals surface area contributed by atoms with E-state index in [9.17, 15) is 4.79 Å². The fourth-order valence-electron chi connectivity index (χ4n) is 2.81. The zero-order valence-corrected chi connectivity index (χ0v) is 16.3. The van der Waals surface area contributed by atoms with Crippen LogP contribution in [-0.2, 0) is 11.3 Å². The molecule has 0 saturated carbocycles. The molecule has 0 saturated heterocycles. The highest BCUT2D eigenvalue weighted by Gasteiger charge is 2.09. The minimum Gasteiger partial charge on any atom is -0.490 e. The maximum absolute atomic E-state index is 12.3. The second-order valence-corrected chi connectivity index (χ2v) is 6.12. The Labute approximate surface area is 164 Å². The van der Waals surface area contributed by atoms with E-state index in [0.717, 1.165) is 16.6 Å². The third-order valence-electron chi connectivity index (χ3n) is 4.15. The van der Waals surface area contributed by atoms with Crippen molar-refractivity contribution >= 4 is 22.7 Å². The number of nitrogens with one attached hydrogen (secondary N) is 1. The first kappa shape index (κ1) is 19.4. The van der Waals surface area contributed by atoms with E-state index in [4.69, 9.17) is 9.47 Å². The Morgan fingerprint density at radius 1 is 1.11 bits per heavy atom. The Balaban J connectivity index is 1.69. The highest BCUT2D eigenvalue weighted by atomic mass is 16.5. The molecule has 0 radical (unpaired) electrons. The average molecular weight is 380 g/mol. The van der Waals surface area contributed by atoms with Gasteiger partial charge in [-0.2, -0.15) is 5.10 Å². The van der Waals surface area contributed by atoms with Crippen LogP contribution in [0, 0.1) is 0 Å². The number of hydrazone groups is 1. The van der Waals surface area contributed by atoms with Gasteiger partial charge in [0.1, 0.15) is 6.54 Å². The van der Waals surface area contributed by atoms with Crippen LogP contribution in [0.1, 0.15) is 26.3 Å². The van der Waals surface area contributed by atoms with Gasteiger partial charge in [-0.25, -0.2) is 10.4 Å². The van der Waals surface area contributed by atoms with Crippen molar-refractivity contribution in [3.63, 3.8) is 0 Å². The summed E-state index contributed by atoms with van der Waals surface area (Å²) >= 11 is 0. The van der Waals surface area contributed by atoms with E-state index in [2.05, 4.69) is 15.5 Å². The lowest BCUT2D eigenvalue weighted by atomic mass is 10.1. The van der Waals surface area contributed by atoms with Crippen molar-refractivity contribution < 1.29 is 14.3 Å². The van der Waals surface area contributed by atoms with Gasteiger partial charge in [0.25, 0.3) is 5.91 Å². The van der Waals surface area contributed by atoms with E-state index in [1.165, 1.54) is 0 Å². The van der Waals surface area contributed by atoms with Gasteiger partial charge in [-0.3, -0.25) is 4.79 Å². The molecule has 1 N–H and O–H groups in total. The molecule has 0 bridgehead atoms. The summed E-state index contributed by atoms with van der Waals surface area (Å²) in [4.78, 5) is 16.6. The molecule has 1 amide bonds. The van der Waals surface area contributed by atoms with Gasteiger partial charge in [0.2, 0.25) is 0 Å². The molecule has 7 heteroatoms. The fourth-order valence-corrected chi connectivity index (χ4v) is 2.81. The van der Waals surface area contributed by atoms with Gasteiger partial charge in [0.15, 0.2) is 11.5 Å². The van der Waals surface area contributed by atoms with Crippen LogP contribution >= 0.6 is 0 Å². The highest BCUT2D eigenvalue weighted by Crippen LogP contribution is 2.28. The van der Waals surface area contributed by atoms with Crippen LogP contribution in [-0.4, -0.2) is 34.4 Å². The number of amides is 1. The third-order valence-corrected chi connectivity index (χ3v) is 4.15. The van der Waals surface area contributed by atoms with Crippen molar-refractivity contribution in [2.24, 2.45) is 5.10 Å². The van der Waals surface area contributed by atoms with Crippen LogP contribution in [0.4, 0.5) is 0 Å². The van der Waals surface area contributed by atoms with Gasteiger partial charge in [-0.05, 0) is 51.1 Å². The number of benzene rings is 2. The van der Waals surface area contributed by atoms with Gasteiger partial charge in [-0.1, -0.05) is 12.1 Å². The zero-order valence-electron chi connectivity index (χ0n) is 16.3. The Bertz CT molecular complexity index is 994. The summed E-state index contributed by atoms with van der Waals surface area (Å²) in [5.41, 5.74) is 5.89. The molecule has 1 heterocycles. The number of para-hydroxylation sites is 2. The van der Waals surface area contributed by atoms with Crippen LogP contribution in [0.5, 0.6) is 11.5 Å². The lowest BCUT2D eigenvalue weighted by Crippen LogP contribution is -2.24. The number of carbonyl (C=O) groups excluding carboxylic acids is 1. The van der Waals surface area contributed by atoms with E-state index >= 15 is 0 Å². The summed E-state index contributed by atoms with van der Waals surface area (Å²) in [5, 5.41) is 4.22. The van der Waals surface area contributed by atoms with E-state index in [-0.39, 0.29) is 12.5 Å². The summed E-state index contributed by atoms with van der Waals surface area (Å²) in [7, 11) is 0. The molecule has 0 fully saturated rings. The summed E-state index contributed by atoms with van der Waals surface area (Å²) < 4.78 is 13.0. The van der Waals surface area contributed by atoms with Crippen LogP contribution in [0.25, 0.3) is 11.0 Å². The quantitative estimate of drug-likeness (QED) is 0.480. The summed E-state index contributed by atoms with van der Waals surface area (Å²) in [5.74, 6) is 1.13. The fraction of sp³-hybridized carbons (Fsp3) is 0.286. The standard InChI is InChI=1S/C21H24N4O3/c1-4-27-19-11-10-16(12-20(19)28-5-2)15(3)23-24-21(26)13-25-14-22-17-8-6-7-9-18(17)25/h6-12,14H,4-5,13H2,1-3H3,(H,24,26)/b23-15-. The monoisotopic (exact) mass is 380 g/mol. The second kappa shape index (κ2) is 9.03. The molecule has 3 aromatic rings. The normalized spacial score (nSPS) is 11.5. The molecule has 0 spiro atoms. The number of imidazole rings is 1. The molecular formula is C21H24N4O3. The molecule has 1 aromatic heterocycles. The molecule has 0 unspecified atom stereocenters. The highest BCUT2D eigenvalue weighted by molar-refractivity contribution is 5.99. The van der Waals surface area contributed by atoms with Crippen molar-refractivity contribution in [2.45, 2.75) is 27.3 Å². The number of carbonyl (C=O) groups is 1. The van der Waals surface area contributed by atoms with Crippen molar-refractivity contribution in [2.75, 3.05) is 13.2 Å². The Morgan fingerprint density at radius 3 is 2.64 bits per heavy atom. The van der Waals surface area contributed by atoms with Crippen molar-refractivity contribution in [3.8, 4) is 11.5 Å². The number of aromatic nitrogens is 2. The number of hydrogen-bond donors (Lipinski definition) is 1. The molecule has 28 heavy (non-hydrogen) atoms. The number of nitrogens with zero attached hydrogens (tertiary/aromatic N) is 3. The van der Waals surface area contributed by atoms with Crippen LogP contribution in [0.2, 0.25) is 0 Å². The minimum atomic E-state index is -0.224. The molecule has 7 nitrogen and oxygen atoms in total. The molecule has 3 rings (SSSR count). The van der Waals surface area contributed by atoms with E-state index in [1.54, 1.807) is 10.9 Å². The van der Waals surface area contributed by atoms with E-state index in [0.29, 0.717) is 30.4 Å². The first-order chi connectivity index (χ1) is 13.6. The Morgan fingerprint density at radius 2 is 1.86 bits per heavy atom. The number of rotatable bonds is 8. The van der Waals surface area contributed by atoms with Gasteiger partial charge >= 0.3 is 0 Å². The number of fused-ring (bicyclic) bond motifs is 1. The maximum atomic E-state index is 12.3. The Kier molecular flexibility index (Phi) is 6.26. The van der Waals surface area contributed by atoms with Gasteiger partial charge in [0.05, 0.1) is 36.3 Å². The number of hydrogen-bond acceptors (Lipinski definition) is 5. The maximum Gasteiger partial charge on any atom is 0.260 e. The van der Waals surface area contributed by atoms with Crippen molar-refractivity contribution in [3.05, 3.63) is 54.4 Å². The van der Waals surface area contributed by atoms with Gasteiger partial charge in [-0.15, -0.1) is 0 Å². The SMILES string of the molecule is CCOc1ccc(/C(C)=N\NC(=O)Cn2cnc3ccccc32)cc1OCC. The second-order valence-electron chi connectivity index (χ2n) is 6.12. The first-order valence-electron chi connectivity index (χ1n) is 9.25. The lowest BCUT2D eigenvalue weighted by Gasteiger charge is -2.12. The number of ether oxygens (including phenoxy) is 2. The van der Waals surface area contributed by atoms with E-state index < -0.39 is 0 Å². The molecular weight excluding hydrogens is 356 g/mol. The third kappa shape index (κ3) is 4.49. The Hall–Kier alpha value is -3.35. The molecule has 2 aromatic carbocycles. The molecule has 146 valence electrons. The minimum absolute atomic E-state index is 0.144. The van der Waals surface area contributed by atoms with Crippen molar-refractivity contribution in [1.82, 2.24) is 15.0 Å². The van der Waals surface area contributed by atoms with E-state index in [1.807, 2.05) is 63.2 Å². The summed E-state index contributed by atoms with van der Waals surface area (Å²) in [6.45, 7) is 6.92. The smallest absolute Gasteiger partial charge is 0.260 e. The largest absolute Gasteiger partial charge is 0.490 e. The van der Waals surface area contributed by atoms with Crippen LogP contribution < -0.4 is 14.9 Å². The van der Waals surface area contributed by atoms with Gasteiger partial charge < -0.3 is 14.0 Å². The van der Waals surface area contributed by atoms with Crippen LogP contribution in [0.3, 0.4) is 0 Å².